The molecule has 0 saturated heterocycles. The smallest absolute Gasteiger partial charge is 0.340 e. The van der Waals surface area contributed by atoms with Gasteiger partial charge in [0.1, 0.15) is 5.75 Å². The number of rotatable bonds is 9. The summed E-state index contributed by atoms with van der Waals surface area (Å²) >= 11 is 0. The van der Waals surface area contributed by atoms with E-state index in [4.69, 9.17) is 9.47 Å². The van der Waals surface area contributed by atoms with Crippen LogP contribution in [0, 0.1) is 13.8 Å². The fraction of sp³-hybridized carbons (Fsp3) is 0.129. The zero-order valence-corrected chi connectivity index (χ0v) is 20.7. The maximum Gasteiger partial charge on any atom is 0.340 e. The maximum atomic E-state index is 12.7. The number of hydrogen-bond acceptors (Lipinski definition) is 5. The fourth-order valence-corrected chi connectivity index (χ4v) is 3.68. The molecule has 0 spiro atoms. The zero-order valence-electron chi connectivity index (χ0n) is 20.7. The number of aryl methyl sites for hydroxylation is 2. The Morgan fingerprint density at radius 2 is 1.38 bits per heavy atom. The number of ketones is 1. The van der Waals surface area contributed by atoms with Crippen LogP contribution in [0.4, 0.5) is 5.69 Å². The number of anilines is 1. The molecule has 186 valence electrons. The average molecular weight is 494 g/mol. The molecule has 1 N–H and O–H groups in total. The number of Topliss-reactive ketones (excluding diaryl/α,β-unsaturated/α-hetero) is 1. The van der Waals surface area contributed by atoms with Crippen molar-refractivity contribution in [2.24, 2.45) is 0 Å². The van der Waals surface area contributed by atoms with Crippen LogP contribution in [0.2, 0.25) is 0 Å². The standard InChI is InChI=1S/C31H27NO5/c1-21-12-17-26(18-22(21)2)36-20-30(34)32-28-11-7-6-10-27(28)31(35)37-19-29(33)25-15-13-24(14-16-25)23-8-4-3-5-9-23/h3-18H,19-20H2,1-2H3,(H,32,34). The second-order valence-corrected chi connectivity index (χ2v) is 8.57. The summed E-state index contributed by atoms with van der Waals surface area (Å²) in [6.07, 6.45) is 0. The van der Waals surface area contributed by atoms with Crippen molar-refractivity contribution < 1.29 is 23.9 Å². The first-order valence-electron chi connectivity index (χ1n) is 11.9. The molecular weight excluding hydrogens is 466 g/mol. The normalized spacial score (nSPS) is 10.4. The van der Waals surface area contributed by atoms with E-state index in [0.29, 0.717) is 11.3 Å². The molecule has 0 heterocycles. The molecule has 37 heavy (non-hydrogen) atoms. The largest absolute Gasteiger partial charge is 0.484 e. The molecule has 0 unspecified atom stereocenters. The number of ether oxygens (including phenoxy) is 2. The molecule has 0 atom stereocenters. The molecule has 1 amide bonds. The first-order chi connectivity index (χ1) is 17.9. The van der Waals surface area contributed by atoms with Gasteiger partial charge in [0.05, 0.1) is 11.3 Å². The predicted octanol–water partition coefficient (Wildman–Crippen LogP) is 6.03. The summed E-state index contributed by atoms with van der Waals surface area (Å²) in [4.78, 5) is 37.8. The number of hydrogen-bond donors (Lipinski definition) is 1. The molecule has 4 aromatic carbocycles. The fourth-order valence-electron chi connectivity index (χ4n) is 3.68. The summed E-state index contributed by atoms with van der Waals surface area (Å²) in [5.41, 5.74) is 5.10. The summed E-state index contributed by atoms with van der Waals surface area (Å²) in [7, 11) is 0. The molecule has 0 saturated carbocycles. The first kappa shape index (κ1) is 25.4. The summed E-state index contributed by atoms with van der Waals surface area (Å²) in [5, 5.41) is 2.68. The lowest BCUT2D eigenvalue weighted by Crippen LogP contribution is -2.22. The summed E-state index contributed by atoms with van der Waals surface area (Å²) < 4.78 is 10.8. The molecule has 0 aliphatic carbocycles. The van der Waals surface area contributed by atoms with Gasteiger partial charge in [0.2, 0.25) is 0 Å². The van der Waals surface area contributed by atoms with Crippen LogP contribution in [0.3, 0.4) is 0 Å². The summed E-state index contributed by atoms with van der Waals surface area (Å²) in [5.74, 6) is -0.870. The van der Waals surface area contributed by atoms with Gasteiger partial charge in [-0.1, -0.05) is 72.8 Å². The average Bonchev–Trinajstić information content (AvgIpc) is 2.93. The predicted molar refractivity (Wildman–Crippen MR) is 143 cm³/mol. The van der Waals surface area contributed by atoms with E-state index >= 15 is 0 Å². The Labute approximate surface area is 215 Å². The van der Waals surface area contributed by atoms with Crippen molar-refractivity contribution in [2.45, 2.75) is 13.8 Å². The van der Waals surface area contributed by atoms with E-state index in [1.54, 1.807) is 36.4 Å². The maximum absolute atomic E-state index is 12.7. The minimum atomic E-state index is -0.708. The van der Waals surface area contributed by atoms with Crippen molar-refractivity contribution in [1.82, 2.24) is 0 Å². The van der Waals surface area contributed by atoms with Gasteiger partial charge in [-0.15, -0.1) is 0 Å². The zero-order chi connectivity index (χ0) is 26.2. The molecule has 0 aliphatic heterocycles. The highest BCUT2D eigenvalue weighted by molar-refractivity contribution is 6.03. The van der Waals surface area contributed by atoms with E-state index in [1.807, 2.05) is 68.4 Å². The Balaban J connectivity index is 1.33. The monoisotopic (exact) mass is 493 g/mol. The van der Waals surface area contributed by atoms with Crippen LogP contribution in [0.5, 0.6) is 5.75 Å². The third kappa shape index (κ3) is 6.70. The van der Waals surface area contributed by atoms with Crippen molar-refractivity contribution >= 4 is 23.3 Å². The van der Waals surface area contributed by atoms with Crippen molar-refractivity contribution in [2.75, 3.05) is 18.5 Å². The highest BCUT2D eigenvalue weighted by Crippen LogP contribution is 2.21. The molecule has 0 aromatic heterocycles. The Hall–Kier alpha value is -4.71. The van der Waals surface area contributed by atoms with Crippen LogP contribution in [-0.4, -0.2) is 30.9 Å². The van der Waals surface area contributed by atoms with Gasteiger partial charge < -0.3 is 14.8 Å². The number of amides is 1. The van der Waals surface area contributed by atoms with Crippen LogP contribution in [0.1, 0.15) is 31.8 Å². The minimum Gasteiger partial charge on any atom is -0.484 e. The SMILES string of the molecule is Cc1ccc(OCC(=O)Nc2ccccc2C(=O)OCC(=O)c2ccc(-c3ccccc3)cc2)cc1C. The van der Waals surface area contributed by atoms with E-state index in [-0.39, 0.29) is 23.6 Å². The van der Waals surface area contributed by atoms with Gasteiger partial charge in [0.15, 0.2) is 19.0 Å². The van der Waals surface area contributed by atoms with E-state index in [1.165, 1.54) is 6.07 Å². The molecule has 6 heteroatoms. The number of benzene rings is 4. The molecule has 4 rings (SSSR count). The Morgan fingerprint density at radius 3 is 2.11 bits per heavy atom. The molecule has 0 fully saturated rings. The van der Waals surface area contributed by atoms with Crippen LogP contribution >= 0.6 is 0 Å². The van der Waals surface area contributed by atoms with E-state index in [0.717, 1.165) is 22.3 Å². The van der Waals surface area contributed by atoms with E-state index in [9.17, 15) is 14.4 Å². The number of para-hydroxylation sites is 1. The third-order valence-corrected chi connectivity index (χ3v) is 5.92. The van der Waals surface area contributed by atoms with Crippen LogP contribution < -0.4 is 10.1 Å². The van der Waals surface area contributed by atoms with Crippen LogP contribution in [0.25, 0.3) is 11.1 Å². The lowest BCUT2D eigenvalue weighted by Gasteiger charge is -2.12. The summed E-state index contributed by atoms with van der Waals surface area (Å²) in [6.45, 7) is 3.33. The Kier molecular flexibility index (Phi) is 8.11. The van der Waals surface area contributed by atoms with E-state index in [2.05, 4.69) is 5.32 Å². The Bertz CT molecular complexity index is 1410. The first-order valence-corrected chi connectivity index (χ1v) is 11.9. The highest BCUT2D eigenvalue weighted by Gasteiger charge is 2.17. The molecule has 4 aromatic rings. The lowest BCUT2D eigenvalue weighted by atomic mass is 10.0. The van der Waals surface area contributed by atoms with Gasteiger partial charge in [-0.25, -0.2) is 4.79 Å². The summed E-state index contributed by atoms with van der Waals surface area (Å²) in [6, 6.07) is 29.0. The molecule has 0 bridgehead atoms. The lowest BCUT2D eigenvalue weighted by molar-refractivity contribution is -0.118. The highest BCUT2D eigenvalue weighted by atomic mass is 16.5. The molecule has 6 nitrogen and oxygen atoms in total. The number of esters is 1. The molecular formula is C31H27NO5. The van der Waals surface area contributed by atoms with Gasteiger partial charge in [-0.3, -0.25) is 9.59 Å². The van der Waals surface area contributed by atoms with Crippen molar-refractivity contribution in [1.29, 1.82) is 0 Å². The molecule has 0 aliphatic rings. The number of carbonyl (C=O) groups is 3. The van der Waals surface area contributed by atoms with Crippen molar-refractivity contribution in [3.8, 4) is 16.9 Å². The number of nitrogens with one attached hydrogen (secondary N) is 1. The van der Waals surface area contributed by atoms with Gasteiger partial charge in [-0.2, -0.15) is 0 Å². The minimum absolute atomic E-state index is 0.147. The third-order valence-electron chi connectivity index (χ3n) is 5.92. The van der Waals surface area contributed by atoms with Gasteiger partial charge in [-0.05, 0) is 60.4 Å². The van der Waals surface area contributed by atoms with Gasteiger partial charge >= 0.3 is 5.97 Å². The molecule has 0 radical (unpaired) electrons. The van der Waals surface area contributed by atoms with Crippen molar-refractivity contribution in [3.05, 3.63) is 119 Å². The van der Waals surface area contributed by atoms with Crippen LogP contribution in [0.15, 0.2) is 97.1 Å². The topological polar surface area (TPSA) is 81.7 Å². The second-order valence-electron chi connectivity index (χ2n) is 8.57. The van der Waals surface area contributed by atoms with Gasteiger partial charge in [0.25, 0.3) is 5.91 Å². The Morgan fingerprint density at radius 1 is 0.703 bits per heavy atom. The second kappa shape index (κ2) is 11.8. The van der Waals surface area contributed by atoms with Gasteiger partial charge in [0, 0.05) is 5.56 Å². The quantitative estimate of drug-likeness (QED) is 0.228. The van der Waals surface area contributed by atoms with E-state index < -0.39 is 18.5 Å². The van der Waals surface area contributed by atoms with Crippen LogP contribution in [-0.2, 0) is 9.53 Å². The number of carbonyl (C=O) groups excluding carboxylic acids is 3. The van der Waals surface area contributed by atoms with Crippen molar-refractivity contribution in [3.63, 3.8) is 0 Å².